The lowest BCUT2D eigenvalue weighted by molar-refractivity contribution is 0.475. The first-order chi connectivity index (χ1) is 6.68. The molecule has 2 aromatic rings. The molecule has 0 aliphatic heterocycles. The molecular weight excluding hydrogens is 246 g/mol. The van der Waals surface area contributed by atoms with Crippen LogP contribution in [0.1, 0.15) is 0 Å². The molecule has 3 N–H and O–H groups in total. The summed E-state index contributed by atoms with van der Waals surface area (Å²) in [7, 11) is 0. The van der Waals surface area contributed by atoms with Gasteiger partial charge in [-0.15, -0.1) is 0 Å². The minimum absolute atomic E-state index is 0.198. The second kappa shape index (κ2) is 3.34. The number of phenols is 1. The van der Waals surface area contributed by atoms with Crippen molar-refractivity contribution in [3.8, 4) is 11.4 Å². The third kappa shape index (κ3) is 1.46. The second-order valence-corrected chi connectivity index (χ2v) is 3.57. The predicted molar refractivity (Wildman–Crippen MR) is 57.3 cm³/mol. The van der Waals surface area contributed by atoms with Crippen LogP contribution in [0.15, 0.2) is 35.1 Å². The zero-order valence-corrected chi connectivity index (χ0v) is 8.77. The number of hydrogen-bond acceptors (Lipinski definition) is 3. The van der Waals surface area contributed by atoms with Gasteiger partial charge in [-0.05, 0) is 28.1 Å². The number of nitrogens with two attached hydrogens (primary N) is 1. The molecule has 0 aliphatic carbocycles. The maximum atomic E-state index is 9.28. The smallest absolute Gasteiger partial charge is 0.132 e. The molecule has 0 amide bonds. The number of benzene rings is 1. The maximum Gasteiger partial charge on any atom is 0.132 e. The molecule has 0 saturated heterocycles. The van der Waals surface area contributed by atoms with Gasteiger partial charge >= 0.3 is 0 Å². The molecule has 4 nitrogen and oxygen atoms in total. The zero-order chi connectivity index (χ0) is 10.1. The maximum absolute atomic E-state index is 9.28. The number of nitrogens with zero attached hydrogens (tertiary/aromatic N) is 2. The van der Waals surface area contributed by atoms with E-state index in [2.05, 4.69) is 21.0 Å². The topological polar surface area (TPSA) is 64.1 Å². The minimum atomic E-state index is 0.198. The van der Waals surface area contributed by atoms with Crippen LogP contribution in [0.3, 0.4) is 0 Å². The van der Waals surface area contributed by atoms with Crippen molar-refractivity contribution < 1.29 is 5.11 Å². The summed E-state index contributed by atoms with van der Waals surface area (Å²) in [5.74, 6) is 0.198. The largest absolute Gasteiger partial charge is 0.508 e. The summed E-state index contributed by atoms with van der Waals surface area (Å²) in [5, 5.41) is 13.3. The Kier molecular flexibility index (Phi) is 2.17. The highest BCUT2D eigenvalue weighted by molar-refractivity contribution is 9.10. The van der Waals surface area contributed by atoms with E-state index in [1.807, 2.05) is 6.07 Å². The van der Waals surface area contributed by atoms with Gasteiger partial charge in [0.15, 0.2) is 0 Å². The van der Waals surface area contributed by atoms with Crippen LogP contribution >= 0.6 is 15.9 Å². The molecule has 0 unspecified atom stereocenters. The van der Waals surface area contributed by atoms with Crippen LogP contribution in [0, 0.1) is 0 Å². The summed E-state index contributed by atoms with van der Waals surface area (Å²) >= 11 is 3.31. The van der Waals surface area contributed by atoms with Crippen LogP contribution in [0.25, 0.3) is 5.69 Å². The van der Waals surface area contributed by atoms with Gasteiger partial charge in [0.25, 0.3) is 0 Å². The minimum Gasteiger partial charge on any atom is -0.508 e. The highest BCUT2D eigenvalue weighted by Gasteiger charge is 2.06. The van der Waals surface area contributed by atoms with Gasteiger partial charge in [-0.3, -0.25) is 0 Å². The lowest BCUT2D eigenvalue weighted by Crippen LogP contribution is -1.96. The Morgan fingerprint density at radius 3 is 2.79 bits per heavy atom. The standard InChI is InChI=1S/C9H8BrN3O/c10-9-8(11)5-12-13(9)6-2-1-3-7(14)4-6/h1-5,14H,11H2. The quantitative estimate of drug-likeness (QED) is 0.817. The predicted octanol–water partition coefficient (Wildman–Crippen LogP) is 1.92. The molecule has 0 fully saturated rings. The molecule has 14 heavy (non-hydrogen) atoms. The molecule has 0 aliphatic rings. The van der Waals surface area contributed by atoms with Gasteiger partial charge in [-0.1, -0.05) is 6.07 Å². The molecule has 2 rings (SSSR count). The third-order valence-electron chi connectivity index (χ3n) is 1.81. The summed E-state index contributed by atoms with van der Waals surface area (Å²) in [5.41, 5.74) is 6.94. The van der Waals surface area contributed by atoms with Gasteiger partial charge in [0, 0.05) is 6.07 Å². The van der Waals surface area contributed by atoms with Crippen molar-refractivity contribution in [2.45, 2.75) is 0 Å². The Bertz CT molecular complexity index is 467. The van der Waals surface area contributed by atoms with Crippen LogP contribution in [0.5, 0.6) is 5.75 Å². The molecule has 1 aromatic carbocycles. The summed E-state index contributed by atoms with van der Waals surface area (Å²) in [6.45, 7) is 0. The molecule has 0 atom stereocenters. The molecular formula is C9H8BrN3O. The Balaban J connectivity index is 2.55. The molecule has 1 heterocycles. The van der Waals surface area contributed by atoms with E-state index in [4.69, 9.17) is 5.73 Å². The zero-order valence-electron chi connectivity index (χ0n) is 7.18. The fraction of sp³-hybridized carbons (Fsp3) is 0. The van der Waals surface area contributed by atoms with Gasteiger partial charge < -0.3 is 10.8 Å². The van der Waals surface area contributed by atoms with E-state index in [-0.39, 0.29) is 5.75 Å². The fourth-order valence-corrected chi connectivity index (χ4v) is 1.55. The van der Waals surface area contributed by atoms with Crippen molar-refractivity contribution in [2.75, 3.05) is 5.73 Å². The van der Waals surface area contributed by atoms with Crippen LogP contribution in [-0.4, -0.2) is 14.9 Å². The summed E-state index contributed by atoms with van der Waals surface area (Å²) in [6, 6.07) is 6.79. The molecule has 1 aromatic heterocycles. The van der Waals surface area contributed by atoms with Gasteiger partial charge in [0.1, 0.15) is 10.4 Å². The Hall–Kier alpha value is -1.49. The molecule has 0 bridgehead atoms. The normalized spacial score (nSPS) is 10.4. The van der Waals surface area contributed by atoms with Crippen LogP contribution in [-0.2, 0) is 0 Å². The first kappa shape index (κ1) is 9.08. The van der Waals surface area contributed by atoms with Gasteiger partial charge in [0.2, 0.25) is 0 Å². The first-order valence-electron chi connectivity index (χ1n) is 3.97. The molecule has 0 spiro atoms. The van der Waals surface area contributed by atoms with E-state index in [9.17, 15) is 5.11 Å². The monoisotopic (exact) mass is 253 g/mol. The highest BCUT2D eigenvalue weighted by Crippen LogP contribution is 2.23. The number of anilines is 1. The number of phenolic OH excluding ortho intramolecular Hbond substituents is 1. The number of hydrogen-bond donors (Lipinski definition) is 2. The van der Waals surface area contributed by atoms with Gasteiger partial charge in [0.05, 0.1) is 17.6 Å². The van der Waals surface area contributed by atoms with E-state index in [1.165, 1.54) is 0 Å². The van der Waals surface area contributed by atoms with E-state index < -0.39 is 0 Å². The van der Waals surface area contributed by atoms with E-state index in [1.54, 1.807) is 29.1 Å². The van der Waals surface area contributed by atoms with Gasteiger partial charge in [-0.2, -0.15) is 5.10 Å². The van der Waals surface area contributed by atoms with Crippen LogP contribution < -0.4 is 5.73 Å². The Morgan fingerprint density at radius 2 is 2.21 bits per heavy atom. The average molecular weight is 254 g/mol. The third-order valence-corrected chi connectivity index (χ3v) is 2.60. The number of rotatable bonds is 1. The lowest BCUT2D eigenvalue weighted by Gasteiger charge is -2.03. The number of halogens is 1. The van der Waals surface area contributed by atoms with Crippen LogP contribution in [0.4, 0.5) is 5.69 Å². The number of aromatic hydroxyl groups is 1. The van der Waals surface area contributed by atoms with E-state index in [0.29, 0.717) is 10.3 Å². The van der Waals surface area contributed by atoms with E-state index in [0.717, 1.165) is 5.69 Å². The van der Waals surface area contributed by atoms with Gasteiger partial charge in [-0.25, -0.2) is 4.68 Å². The van der Waals surface area contributed by atoms with Crippen molar-refractivity contribution >= 4 is 21.6 Å². The Labute approximate surface area is 89.1 Å². The summed E-state index contributed by atoms with van der Waals surface area (Å²) in [4.78, 5) is 0. The second-order valence-electron chi connectivity index (χ2n) is 2.82. The molecule has 0 saturated carbocycles. The summed E-state index contributed by atoms with van der Waals surface area (Å²) in [6.07, 6.45) is 1.55. The number of nitrogen functional groups attached to an aromatic ring is 1. The van der Waals surface area contributed by atoms with Crippen molar-refractivity contribution in [3.05, 3.63) is 35.1 Å². The average Bonchev–Trinajstić information content (AvgIpc) is 2.48. The highest BCUT2D eigenvalue weighted by atomic mass is 79.9. The Morgan fingerprint density at radius 1 is 1.43 bits per heavy atom. The van der Waals surface area contributed by atoms with Crippen molar-refractivity contribution in [2.24, 2.45) is 0 Å². The molecule has 5 heteroatoms. The van der Waals surface area contributed by atoms with Crippen molar-refractivity contribution in [3.63, 3.8) is 0 Å². The van der Waals surface area contributed by atoms with Crippen molar-refractivity contribution in [1.82, 2.24) is 9.78 Å². The SMILES string of the molecule is Nc1cnn(-c2cccc(O)c2)c1Br. The van der Waals surface area contributed by atoms with E-state index >= 15 is 0 Å². The lowest BCUT2D eigenvalue weighted by atomic mass is 10.3. The first-order valence-corrected chi connectivity index (χ1v) is 4.76. The fourth-order valence-electron chi connectivity index (χ4n) is 1.15. The summed E-state index contributed by atoms with van der Waals surface area (Å²) < 4.78 is 2.29. The van der Waals surface area contributed by atoms with Crippen molar-refractivity contribution in [1.29, 1.82) is 0 Å². The number of aromatic nitrogens is 2. The van der Waals surface area contributed by atoms with Crippen LogP contribution in [0.2, 0.25) is 0 Å². The molecule has 72 valence electrons. The molecule has 0 radical (unpaired) electrons.